The van der Waals surface area contributed by atoms with Gasteiger partial charge in [-0.05, 0) is 129 Å². The van der Waals surface area contributed by atoms with E-state index in [0.717, 1.165) is 63.7 Å². The van der Waals surface area contributed by atoms with Crippen molar-refractivity contribution in [2.24, 2.45) is 40.4 Å². The second-order valence-corrected chi connectivity index (χ2v) is 13.7. The van der Waals surface area contributed by atoms with Crippen molar-refractivity contribution in [3.63, 3.8) is 0 Å². The van der Waals surface area contributed by atoms with Crippen LogP contribution in [0, 0.1) is 40.4 Å². The number of carbonyl (C=O) groups excluding carboxylic acids is 1. The zero-order valence-electron chi connectivity index (χ0n) is 23.1. The Labute approximate surface area is 223 Å². The van der Waals surface area contributed by atoms with Gasteiger partial charge in [0.1, 0.15) is 5.78 Å². The highest BCUT2D eigenvalue weighted by atomic mass is 16.4. The maximum absolute atomic E-state index is 12.4. The zero-order valence-corrected chi connectivity index (χ0v) is 23.1. The minimum absolute atomic E-state index is 0.0712. The number of ketones is 1. The number of aryl methyl sites for hydroxylation is 2. The van der Waals surface area contributed by atoms with Gasteiger partial charge >= 0.3 is 5.97 Å². The summed E-state index contributed by atoms with van der Waals surface area (Å²) in [6.07, 6.45) is 14.7. The molecule has 0 radical (unpaired) electrons. The summed E-state index contributed by atoms with van der Waals surface area (Å²) in [6.45, 7) is 4.93. The van der Waals surface area contributed by atoms with E-state index in [4.69, 9.17) is 5.11 Å². The second kappa shape index (κ2) is 10.8. The van der Waals surface area contributed by atoms with Crippen LogP contribution in [0.4, 0.5) is 0 Å². The summed E-state index contributed by atoms with van der Waals surface area (Å²) in [7, 11) is 0. The number of benzene rings is 1. The van der Waals surface area contributed by atoms with E-state index < -0.39 is 5.97 Å². The number of hydrogen-bond acceptors (Lipinski definition) is 3. The molecular formula is C33H48O4. The molecule has 1 aromatic carbocycles. The number of aliphatic carboxylic acids is 1. The van der Waals surface area contributed by atoms with E-state index in [-0.39, 0.29) is 17.9 Å². The van der Waals surface area contributed by atoms with Gasteiger partial charge in [-0.3, -0.25) is 9.59 Å². The van der Waals surface area contributed by atoms with Crippen molar-refractivity contribution >= 4 is 11.8 Å². The van der Waals surface area contributed by atoms with Crippen LogP contribution in [-0.4, -0.2) is 28.1 Å². The van der Waals surface area contributed by atoms with Crippen molar-refractivity contribution in [1.82, 2.24) is 0 Å². The summed E-state index contributed by atoms with van der Waals surface area (Å²) in [5.74, 6) is 3.07. The van der Waals surface area contributed by atoms with Crippen LogP contribution in [0.5, 0.6) is 0 Å². The van der Waals surface area contributed by atoms with E-state index in [1.807, 2.05) is 0 Å². The third-order valence-corrected chi connectivity index (χ3v) is 11.7. The fourth-order valence-electron chi connectivity index (χ4n) is 9.75. The topological polar surface area (TPSA) is 74.6 Å². The van der Waals surface area contributed by atoms with Crippen LogP contribution < -0.4 is 0 Å². The molecule has 0 heterocycles. The fourth-order valence-corrected chi connectivity index (χ4v) is 9.75. The van der Waals surface area contributed by atoms with Gasteiger partial charge in [-0.2, -0.15) is 0 Å². The number of rotatable bonds is 9. The first-order valence-electron chi connectivity index (χ1n) is 15.2. The first kappa shape index (κ1) is 26.9. The van der Waals surface area contributed by atoms with Gasteiger partial charge in [-0.25, -0.2) is 0 Å². The van der Waals surface area contributed by atoms with Crippen LogP contribution in [0.2, 0.25) is 0 Å². The van der Waals surface area contributed by atoms with Gasteiger partial charge in [0.25, 0.3) is 0 Å². The van der Waals surface area contributed by atoms with Gasteiger partial charge in [0.2, 0.25) is 0 Å². The molecule has 37 heavy (non-hydrogen) atoms. The van der Waals surface area contributed by atoms with Crippen molar-refractivity contribution in [2.45, 2.75) is 116 Å². The minimum Gasteiger partial charge on any atom is -0.481 e. The number of aliphatic hydroxyl groups is 1. The standard InChI is InChI=1S/C33H48O4/c1-32-19-18-26(34)20-25(32)14-15-27-28-16-17-29(35)33(28,2)21-24(31(27)32)8-5-7-23-12-10-22(11-13-23)6-3-4-9-30(36)37/h10-13,24-25,27-29,31,35H,3-9,14-21H2,1-2H3,(H,36,37)/t24?,25?,27-,28-,29?,31+,32-,33-/m0/s1. The Hall–Kier alpha value is -1.68. The average molecular weight is 509 g/mol. The first-order valence-corrected chi connectivity index (χ1v) is 15.2. The quantitative estimate of drug-likeness (QED) is 0.352. The maximum atomic E-state index is 12.4. The van der Waals surface area contributed by atoms with Crippen molar-refractivity contribution in [3.8, 4) is 0 Å². The Kier molecular flexibility index (Phi) is 7.87. The third kappa shape index (κ3) is 5.29. The van der Waals surface area contributed by atoms with Crippen molar-refractivity contribution in [2.75, 3.05) is 0 Å². The predicted octanol–water partition coefficient (Wildman–Crippen LogP) is 7.01. The summed E-state index contributed by atoms with van der Waals surface area (Å²) >= 11 is 0. The molecule has 4 fully saturated rings. The predicted molar refractivity (Wildman–Crippen MR) is 146 cm³/mol. The highest BCUT2D eigenvalue weighted by Crippen LogP contribution is 2.68. The molecule has 4 saturated carbocycles. The molecule has 0 bridgehead atoms. The fraction of sp³-hybridized carbons (Fsp3) is 0.758. The van der Waals surface area contributed by atoms with Crippen LogP contribution in [0.1, 0.15) is 108 Å². The smallest absolute Gasteiger partial charge is 0.303 e. The third-order valence-electron chi connectivity index (χ3n) is 11.7. The van der Waals surface area contributed by atoms with E-state index in [1.165, 1.54) is 43.2 Å². The van der Waals surface area contributed by atoms with Crippen LogP contribution in [-0.2, 0) is 22.4 Å². The number of carboxylic acids is 1. The molecule has 8 atom stereocenters. The van der Waals surface area contributed by atoms with Crippen molar-refractivity contribution in [3.05, 3.63) is 35.4 Å². The van der Waals surface area contributed by atoms with Crippen LogP contribution >= 0.6 is 0 Å². The summed E-state index contributed by atoms with van der Waals surface area (Å²) < 4.78 is 0. The van der Waals surface area contributed by atoms with Crippen LogP contribution in [0.15, 0.2) is 24.3 Å². The Balaban J connectivity index is 1.24. The van der Waals surface area contributed by atoms with Gasteiger partial charge in [-0.15, -0.1) is 0 Å². The molecule has 2 N–H and O–H groups in total. The van der Waals surface area contributed by atoms with Gasteiger partial charge < -0.3 is 10.2 Å². The molecular weight excluding hydrogens is 460 g/mol. The summed E-state index contributed by atoms with van der Waals surface area (Å²) in [5.41, 5.74) is 3.05. The van der Waals surface area contributed by atoms with Crippen molar-refractivity contribution < 1.29 is 19.8 Å². The van der Waals surface area contributed by atoms with Gasteiger partial charge in [-0.1, -0.05) is 38.1 Å². The maximum Gasteiger partial charge on any atom is 0.303 e. The van der Waals surface area contributed by atoms with E-state index in [9.17, 15) is 14.7 Å². The molecule has 3 unspecified atom stereocenters. The molecule has 0 spiro atoms. The second-order valence-electron chi connectivity index (χ2n) is 13.7. The lowest BCUT2D eigenvalue weighted by Gasteiger charge is -2.62. The largest absolute Gasteiger partial charge is 0.481 e. The number of aliphatic hydroxyl groups excluding tert-OH is 1. The Morgan fingerprint density at radius 1 is 0.946 bits per heavy atom. The lowest BCUT2D eigenvalue weighted by Crippen LogP contribution is -2.57. The molecule has 4 nitrogen and oxygen atoms in total. The summed E-state index contributed by atoms with van der Waals surface area (Å²) in [6, 6.07) is 8.97. The number of carbonyl (C=O) groups is 2. The molecule has 0 aromatic heterocycles. The van der Waals surface area contributed by atoms with E-state index >= 15 is 0 Å². The molecule has 1 aromatic rings. The molecule has 4 aliphatic rings. The van der Waals surface area contributed by atoms with Gasteiger partial charge in [0.05, 0.1) is 6.10 Å². The van der Waals surface area contributed by atoms with Crippen LogP contribution in [0.25, 0.3) is 0 Å². The Bertz CT molecular complexity index is 969. The molecule has 4 heteroatoms. The highest BCUT2D eigenvalue weighted by Gasteiger charge is 2.62. The normalized spacial score (nSPS) is 39.1. The molecule has 0 amide bonds. The van der Waals surface area contributed by atoms with E-state index in [0.29, 0.717) is 34.9 Å². The number of hydrogen-bond donors (Lipinski definition) is 2. The molecule has 204 valence electrons. The molecule has 0 saturated heterocycles. The number of carboxylic acid groups (broad SMARTS) is 1. The first-order chi connectivity index (χ1) is 17.7. The number of Topliss-reactive ketones (excluding diaryl/α,β-unsaturated/α-hetero) is 1. The van der Waals surface area contributed by atoms with E-state index in [2.05, 4.69) is 38.1 Å². The summed E-state index contributed by atoms with van der Waals surface area (Å²) in [4.78, 5) is 23.1. The monoisotopic (exact) mass is 508 g/mol. The van der Waals surface area contributed by atoms with E-state index in [1.54, 1.807) is 0 Å². The Morgan fingerprint density at radius 3 is 2.35 bits per heavy atom. The average Bonchev–Trinajstić information content (AvgIpc) is 3.16. The molecule has 5 rings (SSSR count). The zero-order chi connectivity index (χ0) is 26.2. The molecule has 0 aliphatic heterocycles. The van der Waals surface area contributed by atoms with Gasteiger partial charge in [0.15, 0.2) is 0 Å². The minimum atomic E-state index is -0.707. The number of fused-ring (bicyclic) bond motifs is 5. The Morgan fingerprint density at radius 2 is 1.65 bits per heavy atom. The SMILES string of the molecule is C[C@]12CCC(=O)CC1CC[C@@H]1[C@H]2C(CCCc2ccc(CCCCC(=O)O)cc2)C[C@]2(C)C(O)CC[C@@H]12. The van der Waals surface area contributed by atoms with Crippen LogP contribution in [0.3, 0.4) is 0 Å². The lowest BCUT2D eigenvalue weighted by atomic mass is 9.42. The summed E-state index contributed by atoms with van der Waals surface area (Å²) in [5, 5.41) is 19.9. The number of unbranched alkanes of at least 4 members (excludes halogenated alkanes) is 1. The van der Waals surface area contributed by atoms with Gasteiger partial charge in [0, 0.05) is 19.3 Å². The van der Waals surface area contributed by atoms with Crippen molar-refractivity contribution in [1.29, 1.82) is 0 Å². The highest BCUT2D eigenvalue weighted by molar-refractivity contribution is 5.79. The molecule has 4 aliphatic carbocycles. The lowest BCUT2D eigenvalue weighted by molar-refractivity contribution is -0.159.